The molecule has 1 aliphatic carbocycles. The molecular weight excluding hydrogens is 913 g/mol. The molecule has 0 radical (unpaired) electrons. The van der Waals surface area contributed by atoms with Crippen LogP contribution in [0.5, 0.6) is 11.5 Å². The van der Waals surface area contributed by atoms with E-state index in [2.05, 4.69) is 57.2 Å². The third kappa shape index (κ3) is 14.2. The summed E-state index contributed by atoms with van der Waals surface area (Å²) in [7, 11) is -7.46. The predicted octanol–water partition coefficient (Wildman–Crippen LogP) is 18.2. The highest BCUT2D eigenvalue weighted by molar-refractivity contribution is 7.91. The largest absolute Gasteiger partial charge is 0.457 e. The Kier molecular flexibility index (Phi) is 19.8. The number of sulfone groups is 2. The van der Waals surface area contributed by atoms with Crippen LogP contribution in [0.4, 0.5) is 0 Å². The Bertz CT molecular complexity index is 2790. The van der Waals surface area contributed by atoms with E-state index in [1.54, 1.807) is 72.8 Å². The van der Waals surface area contributed by atoms with Gasteiger partial charge in [-0.2, -0.15) is 0 Å². The van der Waals surface area contributed by atoms with Gasteiger partial charge in [-0.3, -0.25) is 0 Å². The van der Waals surface area contributed by atoms with Crippen LogP contribution in [0.3, 0.4) is 0 Å². The summed E-state index contributed by atoms with van der Waals surface area (Å²) in [4.78, 5) is 0.814. The molecule has 6 aromatic carbocycles. The highest BCUT2D eigenvalue weighted by atomic mass is 32.2. The smallest absolute Gasteiger partial charge is 0.206 e. The fourth-order valence-corrected chi connectivity index (χ4v) is 13.3. The van der Waals surface area contributed by atoms with Crippen LogP contribution in [-0.4, -0.2) is 16.8 Å². The van der Waals surface area contributed by atoms with Gasteiger partial charge < -0.3 is 4.74 Å². The Morgan fingerprint density at radius 2 is 0.704 bits per heavy atom. The van der Waals surface area contributed by atoms with Crippen molar-refractivity contribution in [2.24, 2.45) is 0 Å². The Labute approximate surface area is 428 Å². The van der Waals surface area contributed by atoms with Gasteiger partial charge in [-0.15, -0.1) is 0 Å². The fraction of sp³-hybridized carbons (Fsp3) is 0.438. The molecule has 0 aromatic heterocycles. The summed E-state index contributed by atoms with van der Waals surface area (Å²) < 4.78 is 60.0. The van der Waals surface area contributed by atoms with Crippen molar-refractivity contribution in [1.29, 1.82) is 0 Å². The number of aryl methyl sites for hydroxylation is 2. The lowest BCUT2D eigenvalue weighted by molar-refractivity contribution is 0.396. The van der Waals surface area contributed by atoms with E-state index < -0.39 is 19.7 Å². The monoisotopic (exact) mass is 993 g/mol. The van der Waals surface area contributed by atoms with Crippen molar-refractivity contribution in [3.63, 3.8) is 0 Å². The Hall–Kier alpha value is -4.98. The lowest BCUT2D eigenvalue weighted by Gasteiger charge is -2.33. The highest BCUT2D eigenvalue weighted by Crippen LogP contribution is 2.55. The van der Waals surface area contributed by atoms with Gasteiger partial charge in [-0.05, 0) is 139 Å². The Morgan fingerprint density at radius 1 is 0.366 bits per heavy atom. The van der Waals surface area contributed by atoms with Gasteiger partial charge in [0, 0.05) is 5.41 Å². The zero-order valence-corrected chi connectivity index (χ0v) is 45.0. The third-order valence-electron chi connectivity index (χ3n) is 15.0. The van der Waals surface area contributed by atoms with E-state index in [9.17, 15) is 16.8 Å². The molecule has 5 nitrogen and oxygen atoms in total. The summed E-state index contributed by atoms with van der Waals surface area (Å²) in [5.74, 6) is 0.882. The van der Waals surface area contributed by atoms with E-state index in [4.69, 9.17) is 4.74 Å². The average Bonchev–Trinajstić information content (AvgIpc) is 3.63. The van der Waals surface area contributed by atoms with Crippen LogP contribution in [0, 0.1) is 13.8 Å². The number of fused-ring (bicyclic) bond motifs is 3. The van der Waals surface area contributed by atoms with E-state index in [0.717, 1.165) is 17.5 Å². The van der Waals surface area contributed by atoms with E-state index in [1.807, 2.05) is 19.1 Å². The molecule has 0 spiro atoms. The predicted molar refractivity (Wildman–Crippen MR) is 295 cm³/mol. The number of ether oxygens (including phenoxy) is 1. The molecule has 0 unspecified atom stereocenters. The quantitative estimate of drug-likeness (QED) is 0.0420. The van der Waals surface area contributed by atoms with E-state index >= 15 is 0 Å². The average molecular weight is 993 g/mol. The molecule has 378 valence electrons. The third-order valence-corrected chi connectivity index (χ3v) is 18.5. The first-order chi connectivity index (χ1) is 34.4. The number of benzene rings is 6. The van der Waals surface area contributed by atoms with Gasteiger partial charge >= 0.3 is 0 Å². The number of hydrogen-bond acceptors (Lipinski definition) is 5. The van der Waals surface area contributed by atoms with Crippen LogP contribution in [0.25, 0.3) is 11.1 Å². The molecule has 0 amide bonds. The number of hydrogen-bond donors (Lipinski definition) is 0. The van der Waals surface area contributed by atoms with E-state index in [0.29, 0.717) is 11.5 Å². The van der Waals surface area contributed by atoms with Crippen molar-refractivity contribution >= 4 is 19.7 Å². The molecule has 1 aliphatic rings. The second-order valence-corrected chi connectivity index (χ2v) is 24.5. The number of unbranched alkanes of at least 4 members (excludes halogenated alkanes) is 18. The summed E-state index contributed by atoms with van der Waals surface area (Å²) in [6, 6.07) is 41.1. The van der Waals surface area contributed by atoms with Crippen molar-refractivity contribution in [2.75, 3.05) is 0 Å². The Balaban J connectivity index is 1.02. The van der Waals surface area contributed by atoms with Crippen LogP contribution in [0.2, 0.25) is 0 Å². The van der Waals surface area contributed by atoms with Crippen molar-refractivity contribution in [2.45, 2.75) is 200 Å². The SMILES string of the molecule is CCCCCCCCCCCCC1(CCCCCCCCCCCC)c2cc(C)ccc2-c2ccc(Cc3ccc(S(=O)(=O)c4ccc(Oc5ccc(S(=O)(=O)c6ccc(C)cc6)cc5)cc4)cc3)cc21. The van der Waals surface area contributed by atoms with E-state index in [1.165, 1.54) is 187 Å². The normalized spacial score (nSPS) is 13.0. The molecule has 7 heteroatoms. The van der Waals surface area contributed by atoms with Crippen molar-refractivity contribution < 1.29 is 21.6 Å². The minimum Gasteiger partial charge on any atom is -0.457 e. The molecule has 71 heavy (non-hydrogen) atoms. The van der Waals surface area contributed by atoms with Crippen LogP contribution in [0.15, 0.2) is 153 Å². The maximum absolute atomic E-state index is 13.9. The summed E-state index contributed by atoms with van der Waals surface area (Å²) in [5, 5.41) is 0. The zero-order chi connectivity index (χ0) is 50.1. The molecule has 0 atom stereocenters. The first-order valence-electron chi connectivity index (χ1n) is 27.2. The second kappa shape index (κ2) is 26.1. The number of rotatable bonds is 30. The molecule has 0 fully saturated rings. The van der Waals surface area contributed by atoms with Gasteiger partial charge in [-0.1, -0.05) is 214 Å². The molecule has 0 heterocycles. The topological polar surface area (TPSA) is 77.5 Å². The van der Waals surface area contributed by atoms with Crippen LogP contribution in [-0.2, 0) is 31.5 Å². The molecule has 0 saturated heterocycles. The fourth-order valence-electron chi connectivity index (χ4n) is 10.8. The van der Waals surface area contributed by atoms with Crippen LogP contribution >= 0.6 is 0 Å². The van der Waals surface area contributed by atoms with Crippen molar-refractivity contribution in [1.82, 2.24) is 0 Å². The van der Waals surface area contributed by atoms with Crippen LogP contribution in [0.1, 0.15) is 188 Å². The van der Waals surface area contributed by atoms with E-state index in [-0.39, 0.29) is 25.0 Å². The lowest BCUT2D eigenvalue weighted by Crippen LogP contribution is -2.26. The summed E-state index contributed by atoms with van der Waals surface area (Å²) in [5.41, 5.74) is 10.5. The van der Waals surface area contributed by atoms with Gasteiger partial charge in [0.1, 0.15) is 11.5 Å². The molecule has 0 saturated carbocycles. The maximum Gasteiger partial charge on any atom is 0.206 e. The summed E-state index contributed by atoms with van der Waals surface area (Å²) in [6.45, 7) is 8.75. The standard InChI is InChI=1S/C64H80O5S2/c1-5-7-9-11-13-15-17-19-21-23-45-64(46-24-22-20-18-16-14-12-10-8-6-2)62-47-51(4)27-43-60(62)61-44-30-53(49-63(61)64)48-52-28-37-57(38-29-52)71(67,68)59-41-33-55(34-42-59)69-54-31-39-58(40-32-54)70(65,66)56-35-25-50(3)26-36-56/h25-44,47,49H,5-24,45-46,48H2,1-4H3. The molecule has 0 N–H and O–H groups in total. The first kappa shape index (κ1) is 53.8. The summed E-state index contributed by atoms with van der Waals surface area (Å²) >= 11 is 0. The van der Waals surface area contributed by atoms with Gasteiger partial charge in [0.05, 0.1) is 19.6 Å². The lowest BCUT2D eigenvalue weighted by atomic mass is 9.70. The summed E-state index contributed by atoms with van der Waals surface area (Å²) in [6.07, 6.45) is 29.8. The van der Waals surface area contributed by atoms with Crippen molar-refractivity contribution in [3.05, 3.63) is 167 Å². The zero-order valence-electron chi connectivity index (χ0n) is 43.3. The maximum atomic E-state index is 13.9. The second-order valence-electron chi connectivity index (χ2n) is 20.6. The highest BCUT2D eigenvalue weighted by Gasteiger charge is 2.42. The van der Waals surface area contributed by atoms with Crippen molar-refractivity contribution in [3.8, 4) is 22.6 Å². The first-order valence-corrected chi connectivity index (χ1v) is 30.2. The molecule has 6 aromatic rings. The Morgan fingerprint density at radius 3 is 1.14 bits per heavy atom. The minimum atomic E-state index is -3.79. The van der Waals surface area contributed by atoms with Gasteiger partial charge in [-0.25, -0.2) is 16.8 Å². The van der Waals surface area contributed by atoms with Crippen LogP contribution < -0.4 is 4.74 Å². The van der Waals surface area contributed by atoms with Gasteiger partial charge in [0.15, 0.2) is 0 Å². The molecule has 0 bridgehead atoms. The molecule has 7 rings (SSSR count). The van der Waals surface area contributed by atoms with Gasteiger partial charge in [0.2, 0.25) is 19.7 Å². The molecule has 0 aliphatic heterocycles. The minimum absolute atomic E-state index is 0.00122. The van der Waals surface area contributed by atoms with Gasteiger partial charge in [0.25, 0.3) is 0 Å². The molecular formula is C64H80O5S2.